The first-order valence-corrected chi connectivity index (χ1v) is 8.47. The molecule has 0 radical (unpaired) electrons. The summed E-state index contributed by atoms with van der Waals surface area (Å²) in [6.45, 7) is 4.72. The Labute approximate surface area is 145 Å². The molecule has 0 bridgehead atoms. The Kier molecular flexibility index (Phi) is 6.67. The van der Waals surface area contributed by atoms with Crippen LogP contribution < -0.4 is 15.1 Å². The second-order valence-corrected chi connectivity index (χ2v) is 5.97. The standard InChI is InChI=1S/C20H27N3O/c1-4-23(19-9-6-5-7-10-19)16-8-15-21-20(24)17-11-13-18(14-12-17)22(2)3/h5-7,9-14H,4,8,15-16H2,1-3H3,(H,21,24). The maximum atomic E-state index is 12.2. The highest BCUT2D eigenvalue weighted by Crippen LogP contribution is 2.13. The molecule has 4 heteroatoms. The Morgan fingerprint density at radius 2 is 1.62 bits per heavy atom. The van der Waals surface area contributed by atoms with Gasteiger partial charge in [0.25, 0.3) is 5.91 Å². The fourth-order valence-electron chi connectivity index (χ4n) is 2.59. The first-order chi connectivity index (χ1) is 11.6. The van der Waals surface area contributed by atoms with E-state index in [1.807, 2.05) is 49.3 Å². The maximum Gasteiger partial charge on any atom is 0.251 e. The molecule has 0 aromatic heterocycles. The fraction of sp³-hybridized carbons (Fsp3) is 0.350. The molecule has 4 nitrogen and oxygen atoms in total. The minimum atomic E-state index is -0.0111. The average Bonchev–Trinajstić information content (AvgIpc) is 2.62. The molecule has 24 heavy (non-hydrogen) atoms. The number of nitrogens with one attached hydrogen (secondary N) is 1. The minimum Gasteiger partial charge on any atom is -0.378 e. The zero-order valence-electron chi connectivity index (χ0n) is 14.8. The number of rotatable bonds is 8. The number of hydrogen-bond donors (Lipinski definition) is 1. The molecule has 2 aromatic rings. The van der Waals surface area contributed by atoms with Crippen molar-refractivity contribution in [2.45, 2.75) is 13.3 Å². The molecule has 1 amide bonds. The monoisotopic (exact) mass is 325 g/mol. The zero-order chi connectivity index (χ0) is 17.4. The summed E-state index contributed by atoms with van der Waals surface area (Å²) in [5.74, 6) is -0.0111. The van der Waals surface area contributed by atoms with Gasteiger partial charge in [-0.25, -0.2) is 0 Å². The Morgan fingerprint density at radius 1 is 0.958 bits per heavy atom. The molecule has 0 unspecified atom stereocenters. The number of benzene rings is 2. The van der Waals surface area contributed by atoms with Gasteiger partial charge in [-0.15, -0.1) is 0 Å². The largest absolute Gasteiger partial charge is 0.378 e. The predicted molar refractivity (Wildman–Crippen MR) is 102 cm³/mol. The first-order valence-electron chi connectivity index (χ1n) is 8.47. The lowest BCUT2D eigenvalue weighted by Gasteiger charge is -2.23. The SMILES string of the molecule is CCN(CCCNC(=O)c1ccc(N(C)C)cc1)c1ccccc1. The van der Waals surface area contributed by atoms with Crippen molar-refractivity contribution in [1.82, 2.24) is 5.32 Å². The molecule has 0 aliphatic rings. The third kappa shape index (κ3) is 5.01. The molecule has 0 spiro atoms. The molecular formula is C20H27N3O. The van der Waals surface area contributed by atoms with E-state index < -0.39 is 0 Å². The van der Waals surface area contributed by atoms with Crippen LogP contribution in [0, 0.1) is 0 Å². The van der Waals surface area contributed by atoms with Crippen LogP contribution in [-0.2, 0) is 0 Å². The van der Waals surface area contributed by atoms with Crippen molar-refractivity contribution in [3.63, 3.8) is 0 Å². The lowest BCUT2D eigenvalue weighted by molar-refractivity contribution is 0.0953. The summed E-state index contributed by atoms with van der Waals surface area (Å²) >= 11 is 0. The van der Waals surface area contributed by atoms with Crippen molar-refractivity contribution in [2.75, 3.05) is 43.5 Å². The molecule has 0 fully saturated rings. The number of nitrogens with zero attached hydrogens (tertiary/aromatic N) is 2. The van der Waals surface area contributed by atoms with Crippen LogP contribution in [0.2, 0.25) is 0 Å². The van der Waals surface area contributed by atoms with E-state index in [0.29, 0.717) is 12.1 Å². The topological polar surface area (TPSA) is 35.6 Å². The molecule has 0 aliphatic heterocycles. The van der Waals surface area contributed by atoms with Gasteiger partial charge in [-0.3, -0.25) is 4.79 Å². The van der Waals surface area contributed by atoms with Gasteiger partial charge >= 0.3 is 0 Å². The van der Waals surface area contributed by atoms with Crippen molar-refractivity contribution in [3.8, 4) is 0 Å². The molecule has 0 heterocycles. The Hall–Kier alpha value is -2.49. The van der Waals surface area contributed by atoms with E-state index in [4.69, 9.17) is 0 Å². The first kappa shape index (κ1) is 17.9. The van der Waals surface area contributed by atoms with Crippen LogP contribution >= 0.6 is 0 Å². The van der Waals surface area contributed by atoms with E-state index in [1.165, 1.54) is 5.69 Å². The highest BCUT2D eigenvalue weighted by Gasteiger charge is 2.07. The molecule has 1 N–H and O–H groups in total. The maximum absolute atomic E-state index is 12.2. The van der Waals surface area contributed by atoms with Gasteiger partial charge in [-0.05, 0) is 49.7 Å². The smallest absolute Gasteiger partial charge is 0.251 e. The molecule has 0 atom stereocenters. The highest BCUT2D eigenvalue weighted by molar-refractivity contribution is 5.94. The van der Waals surface area contributed by atoms with E-state index in [1.54, 1.807) is 0 Å². The Bertz CT molecular complexity index is 623. The number of carbonyl (C=O) groups excluding carboxylic acids is 1. The number of anilines is 2. The van der Waals surface area contributed by atoms with E-state index >= 15 is 0 Å². The van der Waals surface area contributed by atoms with Gasteiger partial charge in [0, 0.05) is 50.7 Å². The van der Waals surface area contributed by atoms with Gasteiger partial charge in [0.2, 0.25) is 0 Å². The third-order valence-electron chi connectivity index (χ3n) is 4.04. The van der Waals surface area contributed by atoms with E-state index in [-0.39, 0.29) is 5.91 Å². The quantitative estimate of drug-likeness (QED) is 0.756. The number of carbonyl (C=O) groups is 1. The van der Waals surface area contributed by atoms with E-state index in [0.717, 1.165) is 25.2 Å². The number of para-hydroxylation sites is 1. The second-order valence-electron chi connectivity index (χ2n) is 5.97. The van der Waals surface area contributed by atoms with Crippen LogP contribution in [0.15, 0.2) is 54.6 Å². The molecule has 0 saturated heterocycles. The third-order valence-corrected chi connectivity index (χ3v) is 4.04. The van der Waals surface area contributed by atoms with Crippen molar-refractivity contribution in [3.05, 3.63) is 60.2 Å². The van der Waals surface area contributed by atoms with Gasteiger partial charge in [-0.1, -0.05) is 18.2 Å². The molecule has 2 rings (SSSR count). The van der Waals surface area contributed by atoms with Crippen LogP contribution in [0.1, 0.15) is 23.7 Å². The summed E-state index contributed by atoms with van der Waals surface area (Å²) in [7, 11) is 3.97. The average molecular weight is 325 g/mol. The van der Waals surface area contributed by atoms with Crippen LogP contribution in [0.5, 0.6) is 0 Å². The van der Waals surface area contributed by atoms with Gasteiger partial charge < -0.3 is 15.1 Å². The lowest BCUT2D eigenvalue weighted by atomic mass is 10.2. The number of hydrogen-bond acceptors (Lipinski definition) is 3. The van der Waals surface area contributed by atoms with Gasteiger partial charge in [-0.2, -0.15) is 0 Å². The molecule has 128 valence electrons. The molecule has 2 aromatic carbocycles. The molecule has 0 saturated carbocycles. The van der Waals surface area contributed by atoms with Gasteiger partial charge in [0.15, 0.2) is 0 Å². The Morgan fingerprint density at radius 3 is 2.21 bits per heavy atom. The zero-order valence-corrected chi connectivity index (χ0v) is 14.8. The fourth-order valence-corrected chi connectivity index (χ4v) is 2.59. The Balaban J connectivity index is 1.78. The second kappa shape index (κ2) is 8.96. The molecular weight excluding hydrogens is 298 g/mol. The van der Waals surface area contributed by atoms with Crippen LogP contribution in [-0.4, -0.2) is 39.6 Å². The summed E-state index contributed by atoms with van der Waals surface area (Å²) in [6, 6.07) is 18.0. The van der Waals surface area contributed by atoms with Crippen molar-refractivity contribution < 1.29 is 4.79 Å². The summed E-state index contributed by atoms with van der Waals surface area (Å²) < 4.78 is 0. The van der Waals surface area contributed by atoms with Crippen molar-refractivity contribution >= 4 is 17.3 Å². The summed E-state index contributed by atoms with van der Waals surface area (Å²) in [5.41, 5.74) is 3.02. The van der Waals surface area contributed by atoms with Crippen LogP contribution in [0.25, 0.3) is 0 Å². The van der Waals surface area contributed by atoms with Crippen molar-refractivity contribution in [2.24, 2.45) is 0 Å². The van der Waals surface area contributed by atoms with Gasteiger partial charge in [0.1, 0.15) is 0 Å². The summed E-state index contributed by atoms with van der Waals surface area (Å²) in [5, 5.41) is 3.00. The van der Waals surface area contributed by atoms with E-state index in [2.05, 4.69) is 41.4 Å². The normalized spacial score (nSPS) is 10.3. The summed E-state index contributed by atoms with van der Waals surface area (Å²) in [6.07, 6.45) is 0.921. The predicted octanol–water partition coefficient (Wildman–Crippen LogP) is 3.40. The highest BCUT2D eigenvalue weighted by atomic mass is 16.1. The minimum absolute atomic E-state index is 0.0111. The number of amides is 1. The summed E-state index contributed by atoms with van der Waals surface area (Å²) in [4.78, 5) is 16.5. The molecule has 0 aliphatic carbocycles. The van der Waals surface area contributed by atoms with Crippen LogP contribution in [0.4, 0.5) is 11.4 Å². The van der Waals surface area contributed by atoms with E-state index in [9.17, 15) is 4.79 Å². The lowest BCUT2D eigenvalue weighted by Crippen LogP contribution is -2.30. The van der Waals surface area contributed by atoms with Crippen LogP contribution in [0.3, 0.4) is 0 Å². The van der Waals surface area contributed by atoms with Gasteiger partial charge in [0.05, 0.1) is 0 Å². The van der Waals surface area contributed by atoms with Crippen molar-refractivity contribution in [1.29, 1.82) is 0 Å².